The third kappa shape index (κ3) is 29.1. The van der Waals surface area contributed by atoms with E-state index in [1.165, 1.54) is 0 Å². The molecule has 0 spiro atoms. The van der Waals surface area contributed by atoms with Gasteiger partial charge < -0.3 is 0 Å². The van der Waals surface area contributed by atoms with Crippen LogP contribution in [0.15, 0.2) is 0 Å². The summed E-state index contributed by atoms with van der Waals surface area (Å²) in [6, 6.07) is 0. The van der Waals surface area contributed by atoms with Crippen molar-refractivity contribution in [3.63, 3.8) is 0 Å². The van der Waals surface area contributed by atoms with Gasteiger partial charge in [0.2, 0.25) is 0 Å². The van der Waals surface area contributed by atoms with Gasteiger partial charge in [-0.2, -0.15) is 0 Å². The second-order valence-corrected chi connectivity index (χ2v) is 0.344. The summed E-state index contributed by atoms with van der Waals surface area (Å²) in [5, 5.41) is 0. The zero-order chi connectivity index (χ0) is 2.71. The van der Waals surface area contributed by atoms with E-state index in [1.54, 1.807) is 0 Å². The zero-order valence-electron chi connectivity index (χ0n) is 2.17. The predicted molar refractivity (Wildman–Crippen MR) is 1.37 cm³/mol. The molecule has 0 aliphatic carbocycles. The summed E-state index contributed by atoms with van der Waals surface area (Å²) in [6.45, 7) is 0. The minimum atomic E-state index is -2.00. The molecule has 28 valence electrons. The zero-order valence-corrected chi connectivity index (χ0v) is 6.40. The van der Waals surface area contributed by atoms with Crippen LogP contribution in [0.1, 0.15) is 0 Å². The molecule has 0 bridgehead atoms. The SMILES string of the molecule is [Fe].[O]=[Ti]=[O].[Ti]. The van der Waals surface area contributed by atoms with E-state index < -0.39 is 19.1 Å². The smallest absolute Gasteiger partial charge is 0 e. The molecule has 5 heavy (non-hydrogen) atoms. The van der Waals surface area contributed by atoms with E-state index in [0.717, 1.165) is 0 Å². The summed E-state index contributed by atoms with van der Waals surface area (Å²) in [5.74, 6) is 0. The van der Waals surface area contributed by atoms with E-state index >= 15 is 0 Å². The molecule has 0 saturated carbocycles. The fourth-order valence-corrected chi connectivity index (χ4v) is 0. The average Bonchev–Trinajstić information content (AvgIpc) is 0.918. The van der Waals surface area contributed by atoms with Crippen LogP contribution < -0.4 is 0 Å². The Morgan fingerprint density at radius 2 is 1.20 bits per heavy atom. The van der Waals surface area contributed by atoms with Gasteiger partial charge in [-0.15, -0.1) is 0 Å². The fraction of sp³-hybridized carbons (Fsp3) is 0. The van der Waals surface area contributed by atoms with Crippen LogP contribution >= 0.6 is 0 Å². The molecule has 5 heteroatoms. The molecule has 0 aliphatic heterocycles. The van der Waals surface area contributed by atoms with Crippen LogP contribution in [0, 0.1) is 0 Å². The Hall–Kier alpha value is 1.55. The van der Waals surface area contributed by atoms with Crippen molar-refractivity contribution >= 4 is 0 Å². The Balaban J connectivity index is -0.0000000200. The Morgan fingerprint density at radius 3 is 1.20 bits per heavy atom. The maximum atomic E-state index is 8.50. The second kappa shape index (κ2) is 17.7. The minimum Gasteiger partial charge on any atom is 0 e. The van der Waals surface area contributed by atoms with E-state index in [-0.39, 0.29) is 38.8 Å². The molecule has 2 nitrogen and oxygen atoms in total. The van der Waals surface area contributed by atoms with Crippen LogP contribution in [-0.2, 0) is 64.5 Å². The van der Waals surface area contributed by atoms with Gasteiger partial charge in [0, 0.05) is 38.8 Å². The summed E-state index contributed by atoms with van der Waals surface area (Å²) in [7, 11) is 0. The topological polar surface area (TPSA) is 34.1 Å². The summed E-state index contributed by atoms with van der Waals surface area (Å²) in [6.07, 6.45) is 0. The maximum absolute atomic E-state index is 8.50. The van der Waals surface area contributed by atoms with Crippen LogP contribution in [0.2, 0.25) is 0 Å². The van der Waals surface area contributed by atoms with E-state index in [4.69, 9.17) is 6.65 Å². The third-order valence-electron chi connectivity index (χ3n) is 0. The minimum absolute atomic E-state index is 0. The Bertz CT molecular complexity index is 28.6. The predicted octanol–water partition coefficient (Wildman–Crippen LogP) is -0.245. The molecule has 0 aromatic carbocycles. The molecule has 0 radical (unpaired) electrons. The van der Waals surface area contributed by atoms with E-state index in [1.807, 2.05) is 0 Å². The van der Waals surface area contributed by atoms with Crippen LogP contribution in [0.4, 0.5) is 0 Å². The van der Waals surface area contributed by atoms with Gasteiger partial charge in [-0.05, 0) is 0 Å². The van der Waals surface area contributed by atoms with Crippen LogP contribution in [0.5, 0.6) is 0 Å². The Labute approximate surface area is 64.0 Å². The third-order valence-corrected chi connectivity index (χ3v) is 0. The molecule has 0 aliphatic rings. The van der Waals surface area contributed by atoms with Gasteiger partial charge in [-0.1, -0.05) is 0 Å². The van der Waals surface area contributed by atoms with Crippen molar-refractivity contribution in [1.29, 1.82) is 0 Å². The molecule has 0 aromatic rings. The van der Waals surface area contributed by atoms with Gasteiger partial charge in [0.25, 0.3) is 0 Å². The second-order valence-electron chi connectivity index (χ2n) is 0.0833. The molecule has 0 N–H and O–H groups in total. The largest absolute Gasteiger partial charge is 0 e. The van der Waals surface area contributed by atoms with Gasteiger partial charge >= 0.3 is 25.7 Å². The molecule has 0 heterocycles. The molecule has 0 atom stereocenters. The van der Waals surface area contributed by atoms with E-state index in [9.17, 15) is 0 Å². The Morgan fingerprint density at radius 1 is 1.20 bits per heavy atom. The first-order valence-electron chi connectivity index (χ1n) is 0.408. The molecule has 0 aromatic heterocycles. The number of rotatable bonds is 0. The normalized spacial score (nSPS) is 1.60. The van der Waals surface area contributed by atoms with Gasteiger partial charge in [-0.3, -0.25) is 0 Å². The quantitative estimate of drug-likeness (QED) is 0.486. The van der Waals surface area contributed by atoms with Crippen molar-refractivity contribution in [2.75, 3.05) is 0 Å². The van der Waals surface area contributed by atoms with Crippen molar-refractivity contribution in [3.8, 4) is 0 Å². The van der Waals surface area contributed by atoms with Crippen molar-refractivity contribution in [3.05, 3.63) is 0 Å². The van der Waals surface area contributed by atoms with Gasteiger partial charge in [-0.25, -0.2) is 0 Å². The molecular weight excluding hydrogens is 184 g/mol. The van der Waals surface area contributed by atoms with E-state index in [0.29, 0.717) is 0 Å². The average molecular weight is 184 g/mol. The molecular formula is FeO2Ti2. The monoisotopic (exact) mass is 184 g/mol. The number of hydrogen-bond acceptors (Lipinski definition) is 2. The maximum Gasteiger partial charge on any atom is 0 e. The van der Waals surface area contributed by atoms with Crippen molar-refractivity contribution in [2.24, 2.45) is 0 Å². The van der Waals surface area contributed by atoms with Gasteiger partial charge in [0.15, 0.2) is 0 Å². The summed E-state index contributed by atoms with van der Waals surface area (Å²) in [5.41, 5.74) is 0. The Kier molecular flexibility index (Phi) is 56.6. The fourth-order valence-electron chi connectivity index (χ4n) is 0. The van der Waals surface area contributed by atoms with Crippen molar-refractivity contribution in [2.45, 2.75) is 0 Å². The molecule has 0 saturated heterocycles. The van der Waals surface area contributed by atoms with Crippen molar-refractivity contribution in [1.82, 2.24) is 0 Å². The molecule has 0 amide bonds. The van der Waals surface area contributed by atoms with Crippen LogP contribution in [-0.4, -0.2) is 0 Å². The summed E-state index contributed by atoms with van der Waals surface area (Å²) in [4.78, 5) is 0. The van der Waals surface area contributed by atoms with Crippen LogP contribution in [0.3, 0.4) is 0 Å². The van der Waals surface area contributed by atoms with Crippen LogP contribution in [0.25, 0.3) is 0 Å². The standard InChI is InChI=1S/Fe.2O.2Ti. The van der Waals surface area contributed by atoms with E-state index in [2.05, 4.69) is 0 Å². The first-order chi connectivity index (χ1) is 1.41. The molecule has 0 unspecified atom stereocenters. The first kappa shape index (κ1) is 16.0. The first-order valence-corrected chi connectivity index (χ1v) is 1.68. The van der Waals surface area contributed by atoms with Gasteiger partial charge in [0.05, 0.1) is 0 Å². The summed E-state index contributed by atoms with van der Waals surface area (Å²) >= 11 is -2.00. The summed E-state index contributed by atoms with van der Waals surface area (Å²) < 4.78 is 17.0. The van der Waals surface area contributed by atoms with Crippen molar-refractivity contribution < 1.29 is 64.5 Å². The van der Waals surface area contributed by atoms with Gasteiger partial charge in [0.1, 0.15) is 0 Å². The number of hydrogen-bond donors (Lipinski definition) is 0. The molecule has 0 fully saturated rings. The molecule has 0 rings (SSSR count).